The molecule has 0 bridgehead atoms. The number of hydrogen-bond donors (Lipinski definition) is 2. The Morgan fingerprint density at radius 1 is 1.12 bits per heavy atom. The minimum Gasteiger partial charge on any atom is -0.489 e. The summed E-state index contributed by atoms with van der Waals surface area (Å²) in [5.41, 5.74) is 13.8. The van der Waals surface area contributed by atoms with Crippen LogP contribution in [0.5, 0.6) is 0 Å². The molecule has 0 aliphatic heterocycles. The van der Waals surface area contributed by atoms with Gasteiger partial charge in [0, 0.05) is 28.2 Å². The number of ether oxygens (including phenoxy) is 1. The highest BCUT2D eigenvalue weighted by atomic mass is 32.1. The summed E-state index contributed by atoms with van der Waals surface area (Å²) < 4.78 is 6.59. The molecular formula is C35H42N4OS. The Morgan fingerprint density at radius 2 is 1.93 bits per heavy atom. The fourth-order valence-corrected chi connectivity index (χ4v) is 6.23. The molecule has 1 saturated carbocycles. The van der Waals surface area contributed by atoms with E-state index in [4.69, 9.17) is 15.5 Å². The molecule has 0 atom stereocenters. The third kappa shape index (κ3) is 7.06. The zero-order chi connectivity index (χ0) is 28.8. The van der Waals surface area contributed by atoms with Crippen LogP contribution in [0.15, 0.2) is 72.5 Å². The van der Waals surface area contributed by atoms with Crippen LogP contribution in [-0.4, -0.2) is 26.6 Å². The van der Waals surface area contributed by atoms with Crippen molar-refractivity contribution >= 4 is 33.6 Å². The summed E-state index contributed by atoms with van der Waals surface area (Å²) >= 11 is 1.74. The number of aromatic amines is 1. The number of unbranched alkanes of at least 4 members (excludes halogenated alkanes) is 1. The molecule has 1 aliphatic carbocycles. The van der Waals surface area contributed by atoms with Crippen LogP contribution in [0.25, 0.3) is 44.6 Å². The summed E-state index contributed by atoms with van der Waals surface area (Å²) in [5.74, 6) is 1.01. The molecule has 1 fully saturated rings. The van der Waals surface area contributed by atoms with Gasteiger partial charge in [-0.05, 0) is 99.2 Å². The quantitative estimate of drug-likeness (QED) is 0.148. The fraction of sp³-hybridized carbons (Fsp3) is 0.371. The van der Waals surface area contributed by atoms with Crippen molar-refractivity contribution in [1.29, 1.82) is 0 Å². The summed E-state index contributed by atoms with van der Waals surface area (Å²) in [5, 5.41) is 3.32. The van der Waals surface area contributed by atoms with Crippen LogP contribution in [0, 0.1) is 0 Å². The van der Waals surface area contributed by atoms with Crippen molar-refractivity contribution < 1.29 is 4.74 Å². The number of aromatic nitrogens is 3. The summed E-state index contributed by atoms with van der Waals surface area (Å²) in [4.78, 5) is 13.9. The van der Waals surface area contributed by atoms with Crippen molar-refractivity contribution in [1.82, 2.24) is 15.0 Å². The number of hydrogen-bond acceptors (Lipinski definition) is 5. The second-order valence-corrected chi connectivity index (χ2v) is 12.4. The van der Waals surface area contributed by atoms with Crippen molar-refractivity contribution in [3.63, 3.8) is 0 Å². The van der Waals surface area contributed by atoms with Gasteiger partial charge in [0.1, 0.15) is 5.76 Å². The first kappa shape index (κ1) is 29.0. The fourth-order valence-electron chi connectivity index (χ4n) is 5.33. The number of benzene rings is 1. The molecule has 41 heavy (non-hydrogen) atoms. The van der Waals surface area contributed by atoms with Crippen molar-refractivity contribution in [2.75, 3.05) is 0 Å². The van der Waals surface area contributed by atoms with E-state index in [0.29, 0.717) is 0 Å². The van der Waals surface area contributed by atoms with E-state index >= 15 is 0 Å². The van der Waals surface area contributed by atoms with Gasteiger partial charge in [-0.1, -0.05) is 44.6 Å². The number of nitrogens with one attached hydrogen (secondary N) is 1. The molecular weight excluding hydrogens is 524 g/mol. The van der Waals surface area contributed by atoms with Gasteiger partial charge < -0.3 is 15.5 Å². The SMILES string of the molecule is CC/C=C\C=C(/C)c1nc[nH]c1-c1ccc2ncc(-c3csc(/C(=C/CCC)OC4CCC(C)(N)CC4)c3)cc2c1. The molecule has 3 N–H and O–H groups in total. The lowest BCUT2D eigenvalue weighted by molar-refractivity contribution is 0.0991. The maximum Gasteiger partial charge on any atom is 0.132 e. The number of allylic oxidation sites excluding steroid dienone is 5. The maximum atomic E-state index is 6.59. The lowest BCUT2D eigenvalue weighted by Gasteiger charge is -2.34. The Labute approximate surface area is 248 Å². The predicted octanol–water partition coefficient (Wildman–Crippen LogP) is 9.54. The molecule has 3 aromatic heterocycles. The third-order valence-corrected chi connectivity index (χ3v) is 8.81. The molecule has 0 radical (unpaired) electrons. The van der Waals surface area contributed by atoms with Gasteiger partial charge in [-0.25, -0.2) is 4.98 Å². The second kappa shape index (κ2) is 13.0. The normalized spacial score (nSPS) is 20.3. The molecule has 4 aromatic rings. The predicted molar refractivity (Wildman–Crippen MR) is 175 cm³/mol. The number of fused-ring (bicyclic) bond motifs is 1. The van der Waals surface area contributed by atoms with Crippen LogP contribution in [0.3, 0.4) is 0 Å². The molecule has 3 heterocycles. The second-order valence-electron chi connectivity index (χ2n) is 11.5. The first-order valence-electron chi connectivity index (χ1n) is 14.9. The highest BCUT2D eigenvalue weighted by molar-refractivity contribution is 7.11. The van der Waals surface area contributed by atoms with Crippen LogP contribution in [0.1, 0.15) is 83.2 Å². The molecule has 6 heteroatoms. The van der Waals surface area contributed by atoms with E-state index in [1.54, 1.807) is 17.7 Å². The van der Waals surface area contributed by atoms with E-state index < -0.39 is 0 Å². The van der Waals surface area contributed by atoms with Crippen LogP contribution in [0.2, 0.25) is 0 Å². The Balaban J connectivity index is 1.40. The zero-order valence-electron chi connectivity index (χ0n) is 24.7. The zero-order valence-corrected chi connectivity index (χ0v) is 25.6. The summed E-state index contributed by atoms with van der Waals surface area (Å²) in [6.45, 7) is 8.60. The highest BCUT2D eigenvalue weighted by Crippen LogP contribution is 2.36. The standard InChI is InChI=1S/C35H42N4OS/c1-5-7-9-10-24(3)33-34(39-23-38-33)25-12-13-30-26(18-25)19-27(21-37-30)28-20-32(41-22-28)31(11-8-6-2)40-29-14-16-35(4,36)17-15-29/h7,9-13,18-23,29H,5-6,8,14-17,36H2,1-4H3,(H,38,39)/b9-7-,24-10+,31-11-. The van der Waals surface area contributed by atoms with E-state index in [0.717, 1.165) is 95.3 Å². The molecule has 5 nitrogen and oxygen atoms in total. The minimum atomic E-state index is -0.0628. The largest absolute Gasteiger partial charge is 0.489 e. The van der Waals surface area contributed by atoms with E-state index in [9.17, 15) is 0 Å². The molecule has 0 saturated heterocycles. The third-order valence-electron chi connectivity index (χ3n) is 7.86. The summed E-state index contributed by atoms with van der Waals surface area (Å²) in [6, 6.07) is 10.9. The van der Waals surface area contributed by atoms with E-state index in [1.807, 2.05) is 6.20 Å². The molecule has 5 rings (SSSR count). The van der Waals surface area contributed by atoms with Gasteiger partial charge in [-0.15, -0.1) is 11.3 Å². The van der Waals surface area contributed by atoms with Crippen molar-refractivity contribution in [3.8, 4) is 22.4 Å². The van der Waals surface area contributed by atoms with Gasteiger partial charge in [0.15, 0.2) is 0 Å². The molecule has 1 aromatic carbocycles. The average molecular weight is 567 g/mol. The minimum absolute atomic E-state index is 0.0628. The van der Waals surface area contributed by atoms with E-state index in [2.05, 4.69) is 97.7 Å². The average Bonchev–Trinajstić information content (AvgIpc) is 3.66. The number of nitrogens with two attached hydrogens (primary N) is 1. The van der Waals surface area contributed by atoms with Gasteiger partial charge in [0.25, 0.3) is 0 Å². The Kier molecular flexibility index (Phi) is 9.21. The van der Waals surface area contributed by atoms with Gasteiger partial charge in [0.05, 0.1) is 34.2 Å². The Morgan fingerprint density at radius 3 is 2.71 bits per heavy atom. The van der Waals surface area contributed by atoms with Crippen LogP contribution in [-0.2, 0) is 4.74 Å². The lowest BCUT2D eigenvalue weighted by atomic mass is 9.83. The van der Waals surface area contributed by atoms with Gasteiger partial charge >= 0.3 is 0 Å². The monoisotopic (exact) mass is 566 g/mol. The number of H-pyrrole nitrogens is 1. The number of imidazole rings is 1. The Hall–Kier alpha value is -3.48. The van der Waals surface area contributed by atoms with Gasteiger partial charge in [-0.3, -0.25) is 4.98 Å². The van der Waals surface area contributed by atoms with E-state index in [-0.39, 0.29) is 11.6 Å². The summed E-state index contributed by atoms with van der Waals surface area (Å²) in [6.07, 6.45) is 19.7. The van der Waals surface area contributed by atoms with E-state index in [1.165, 1.54) is 4.88 Å². The van der Waals surface area contributed by atoms with Crippen LogP contribution >= 0.6 is 11.3 Å². The highest BCUT2D eigenvalue weighted by Gasteiger charge is 2.29. The smallest absolute Gasteiger partial charge is 0.132 e. The molecule has 0 unspecified atom stereocenters. The maximum absolute atomic E-state index is 6.59. The van der Waals surface area contributed by atoms with Gasteiger partial charge in [0.2, 0.25) is 0 Å². The molecule has 0 spiro atoms. The number of rotatable bonds is 10. The first-order valence-corrected chi connectivity index (χ1v) is 15.8. The topological polar surface area (TPSA) is 76.8 Å². The number of nitrogens with zero attached hydrogens (tertiary/aromatic N) is 2. The molecule has 1 aliphatic rings. The summed E-state index contributed by atoms with van der Waals surface area (Å²) in [7, 11) is 0. The van der Waals surface area contributed by atoms with Crippen molar-refractivity contribution in [3.05, 3.63) is 83.1 Å². The number of pyridine rings is 1. The lowest BCUT2D eigenvalue weighted by Crippen LogP contribution is -2.41. The Bertz CT molecular complexity index is 1560. The molecule has 214 valence electrons. The van der Waals surface area contributed by atoms with Crippen molar-refractivity contribution in [2.45, 2.75) is 84.3 Å². The number of thiophene rings is 1. The molecule has 0 amide bonds. The van der Waals surface area contributed by atoms with Crippen LogP contribution in [0.4, 0.5) is 0 Å². The van der Waals surface area contributed by atoms with Gasteiger partial charge in [-0.2, -0.15) is 0 Å². The van der Waals surface area contributed by atoms with Crippen LogP contribution < -0.4 is 5.73 Å². The van der Waals surface area contributed by atoms with Crippen molar-refractivity contribution in [2.24, 2.45) is 5.73 Å². The first-order chi connectivity index (χ1) is 19.9.